The summed E-state index contributed by atoms with van der Waals surface area (Å²) in [7, 11) is 0. The van der Waals surface area contributed by atoms with Crippen LogP contribution < -0.4 is 5.32 Å². The van der Waals surface area contributed by atoms with E-state index >= 15 is 0 Å². The minimum absolute atomic E-state index is 0.0471. The maximum Gasteiger partial charge on any atom is 0.248 e. The SMILES string of the molecule is CC1(C)NC(=O)C(C(C)(C)C)N(CCn2cccn2)C1=O. The Morgan fingerprint density at radius 2 is 1.95 bits per heavy atom. The number of amides is 2. The van der Waals surface area contributed by atoms with Crippen molar-refractivity contribution >= 4 is 11.8 Å². The summed E-state index contributed by atoms with van der Waals surface area (Å²) in [5, 5.41) is 6.98. The number of nitrogens with one attached hydrogen (secondary N) is 1. The molecule has 1 atom stereocenters. The van der Waals surface area contributed by atoms with Gasteiger partial charge >= 0.3 is 0 Å². The molecular formula is C15H24N4O2. The van der Waals surface area contributed by atoms with Gasteiger partial charge in [0, 0.05) is 18.9 Å². The Balaban J connectivity index is 2.25. The van der Waals surface area contributed by atoms with Crippen LogP contribution in [-0.4, -0.2) is 44.6 Å². The average Bonchev–Trinajstić information content (AvgIpc) is 2.82. The van der Waals surface area contributed by atoms with Crippen LogP contribution in [0.4, 0.5) is 0 Å². The minimum atomic E-state index is -0.858. The van der Waals surface area contributed by atoms with Gasteiger partial charge in [0.1, 0.15) is 11.6 Å². The van der Waals surface area contributed by atoms with E-state index in [1.807, 2.05) is 33.0 Å². The summed E-state index contributed by atoms with van der Waals surface area (Å²) in [6, 6.07) is 1.38. The van der Waals surface area contributed by atoms with Crippen molar-refractivity contribution in [1.29, 1.82) is 0 Å². The van der Waals surface area contributed by atoms with Crippen molar-refractivity contribution in [3.05, 3.63) is 18.5 Å². The summed E-state index contributed by atoms with van der Waals surface area (Å²) in [6.07, 6.45) is 3.56. The summed E-state index contributed by atoms with van der Waals surface area (Å²) >= 11 is 0. The van der Waals surface area contributed by atoms with Crippen molar-refractivity contribution in [2.45, 2.75) is 52.7 Å². The molecule has 1 aliphatic heterocycles. The van der Waals surface area contributed by atoms with E-state index in [-0.39, 0.29) is 17.2 Å². The molecule has 2 heterocycles. The third-order valence-corrected chi connectivity index (χ3v) is 3.74. The Morgan fingerprint density at radius 3 is 2.48 bits per heavy atom. The summed E-state index contributed by atoms with van der Waals surface area (Å²) in [5.74, 6) is -0.137. The van der Waals surface area contributed by atoms with E-state index in [1.54, 1.807) is 29.6 Å². The molecule has 2 amide bonds. The van der Waals surface area contributed by atoms with Gasteiger partial charge in [-0.15, -0.1) is 0 Å². The van der Waals surface area contributed by atoms with Gasteiger partial charge in [0.15, 0.2) is 0 Å². The highest BCUT2D eigenvalue weighted by molar-refractivity contribution is 5.99. The summed E-state index contributed by atoms with van der Waals surface area (Å²) < 4.78 is 1.77. The molecule has 1 N–H and O–H groups in total. The predicted octanol–water partition coefficient (Wildman–Crippen LogP) is 1.03. The Hall–Kier alpha value is -1.85. The van der Waals surface area contributed by atoms with Crippen LogP contribution in [0.3, 0.4) is 0 Å². The molecule has 0 radical (unpaired) electrons. The van der Waals surface area contributed by atoms with Gasteiger partial charge in [0.2, 0.25) is 11.8 Å². The molecule has 2 rings (SSSR count). The first-order valence-electron chi connectivity index (χ1n) is 7.23. The van der Waals surface area contributed by atoms with Gasteiger partial charge in [-0.2, -0.15) is 5.10 Å². The molecule has 6 heteroatoms. The lowest BCUT2D eigenvalue weighted by molar-refractivity contribution is -0.158. The fourth-order valence-corrected chi connectivity index (χ4v) is 2.78. The van der Waals surface area contributed by atoms with E-state index in [2.05, 4.69) is 10.4 Å². The van der Waals surface area contributed by atoms with Crippen LogP contribution in [0.1, 0.15) is 34.6 Å². The highest BCUT2D eigenvalue weighted by Crippen LogP contribution is 2.30. The molecule has 6 nitrogen and oxygen atoms in total. The molecule has 0 bridgehead atoms. The minimum Gasteiger partial charge on any atom is -0.340 e. The van der Waals surface area contributed by atoms with Gasteiger partial charge in [0.05, 0.1) is 6.54 Å². The molecule has 1 aromatic rings. The standard InChI is InChI=1S/C15H24N4O2/c1-14(2,3)11-12(20)17-15(4,5)13(21)19(11)10-9-18-8-6-7-16-18/h6-8,11H,9-10H2,1-5H3,(H,17,20). The molecule has 0 aliphatic carbocycles. The first kappa shape index (κ1) is 15.5. The van der Waals surface area contributed by atoms with Gasteiger partial charge in [-0.05, 0) is 25.3 Å². The van der Waals surface area contributed by atoms with Crippen LogP contribution in [-0.2, 0) is 16.1 Å². The number of aromatic nitrogens is 2. The first-order valence-corrected chi connectivity index (χ1v) is 7.23. The number of hydrogen-bond acceptors (Lipinski definition) is 3. The molecule has 21 heavy (non-hydrogen) atoms. The Bertz CT molecular complexity index is 528. The third kappa shape index (κ3) is 3.09. The number of carbonyl (C=O) groups is 2. The maximum absolute atomic E-state index is 12.7. The van der Waals surface area contributed by atoms with Crippen molar-refractivity contribution in [2.75, 3.05) is 6.54 Å². The molecule has 116 valence electrons. The van der Waals surface area contributed by atoms with Gasteiger partial charge in [-0.25, -0.2) is 0 Å². The second kappa shape index (κ2) is 5.16. The largest absolute Gasteiger partial charge is 0.340 e. The van der Waals surface area contributed by atoms with E-state index in [9.17, 15) is 9.59 Å². The third-order valence-electron chi connectivity index (χ3n) is 3.74. The highest BCUT2D eigenvalue weighted by Gasteiger charge is 2.49. The van der Waals surface area contributed by atoms with Crippen LogP contribution in [0.25, 0.3) is 0 Å². The average molecular weight is 292 g/mol. The maximum atomic E-state index is 12.7. The molecule has 1 fully saturated rings. The lowest BCUT2D eigenvalue weighted by Gasteiger charge is -2.47. The fourth-order valence-electron chi connectivity index (χ4n) is 2.78. The fraction of sp³-hybridized carbons (Fsp3) is 0.667. The van der Waals surface area contributed by atoms with Crippen molar-refractivity contribution in [1.82, 2.24) is 20.0 Å². The lowest BCUT2D eigenvalue weighted by Crippen LogP contribution is -2.71. The molecule has 0 spiro atoms. The Kier molecular flexibility index (Phi) is 3.82. The van der Waals surface area contributed by atoms with E-state index in [0.29, 0.717) is 13.1 Å². The van der Waals surface area contributed by atoms with Crippen molar-refractivity contribution < 1.29 is 9.59 Å². The van der Waals surface area contributed by atoms with Crippen LogP contribution in [0, 0.1) is 5.41 Å². The van der Waals surface area contributed by atoms with E-state index < -0.39 is 11.6 Å². The lowest BCUT2D eigenvalue weighted by atomic mass is 9.81. The number of nitrogens with zero attached hydrogens (tertiary/aromatic N) is 3. The van der Waals surface area contributed by atoms with Crippen molar-refractivity contribution in [3.63, 3.8) is 0 Å². The first-order chi connectivity index (χ1) is 9.63. The van der Waals surface area contributed by atoms with Gasteiger partial charge in [-0.3, -0.25) is 14.3 Å². The van der Waals surface area contributed by atoms with Crippen LogP contribution >= 0.6 is 0 Å². The van der Waals surface area contributed by atoms with E-state index in [0.717, 1.165) is 0 Å². The number of hydrogen-bond donors (Lipinski definition) is 1. The number of piperazine rings is 1. The number of carbonyl (C=O) groups excluding carboxylic acids is 2. The summed E-state index contributed by atoms with van der Waals surface area (Å²) in [4.78, 5) is 26.8. The quantitative estimate of drug-likeness (QED) is 0.905. The predicted molar refractivity (Wildman–Crippen MR) is 79.4 cm³/mol. The van der Waals surface area contributed by atoms with Crippen LogP contribution in [0.2, 0.25) is 0 Å². The van der Waals surface area contributed by atoms with E-state index in [1.165, 1.54) is 0 Å². The molecule has 1 unspecified atom stereocenters. The molecular weight excluding hydrogens is 268 g/mol. The monoisotopic (exact) mass is 292 g/mol. The van der Waals surface area contributed by atoms with Crippen molar-refractivity contribution in [2.24, 2.45) is 5.41 Å². The summed E-state index contributed by atoms with van der Waals surface area (Å²) in [6.45, 7) is 10.5. The highest BCUT2D eigenvalue weighted by atomic mass is 16.2. The molecule has 1 aliphatic rings. The second-order valence-electron chi connectivity index (χ2n) is 7.15. The van der Waals surface area contributed by atoms with Crippen LogP contribution in [0.15, 0.2) is 18.5 Å². The van der Waals surface area contributed by atoms with Gasteiger partial charge in [-0.1, -0.05) is 20.8 Å². The zero-order valence-electron chi connectivity index (χ0n) is 13.4. The molecule has 0 saturated carbocycles. The summed E-state index contributed by atoms with van der Waals surface area (Å²) in [5.41, 5.74) is -1.18. The molecule has 1 aromatic heterocycles. The molecule has 0 aromatic carbocycles. The van der Waals surface area contributed by atoms with Crippen LogP contribution in [0.5, 0.6) is 0 Å². The smallest absolute Gasteiger partial charge is 0.248 e. The zero-order chi connectivity index (χ0) is 15.8. The molecule has 1 saturated heterocycles. The Morgan fingerprint density at radius 1 is 1.29 bits per heavy atom. The van der Waals surface area contributed by atoms with Crippen molar-refractivity contribution in [3.8, 4) is 0 Å². The van der Waals surface area contributed by atoms with Gasteiger partial charge in [0.25, 0.3) is 0 Å². The van der Waals surface area contributed by atoms with E-state index in [4.69, 9.17) is 0 Å². The normalized spacial score (nSPS) is 22.3. The zero-order valence-corrected chi connectivity index (χ0v) is 13.4. The second-order valence-corrected chi connectivity index (χ2v) is 7.15. The topological polar surface area (TPSA) is 67.2 Å². The number of rotatable bonds is 3. The Labute approximate surface area is 125 Å². The van der Waals surface area contributed by atoms with Gasteiger partial charge < -0.3 is 10.2 Å².